The molecule has 3 aromatic rings. The minimum atomic E-state index is -1.03. The fourth-order valence-corrected chi connectivity index (χ4v) is 8.30. The summed E-state index contributed by atoms with van der Waals surface area (Å²) < 4.78 is 60.9. The molecule has 5 N–H and O–H groups in total. The molecule has 0 spiro atoms. The van der Waals surface area contributed by atoms with Crippen LogP contribution >= 0.6 is 0 Å². The summed E-state index contributed by atoms with van der Waals surface area (Å²) in [5.74, 6) is -2.91. The molecule has 1 fully saturated rings. The lowest BCUT2D eigenvalue weighted by Gasteiger charge is -2.32. The number of ketones is 1. The average Bonchev–Trinajstić information content (AvgIpc) is 3.73. The van der Waals surface area contributed by atoms with Gasteiger partial charge in [-0.05, 0) is 37.1 Å². The highest BCUT2D eigenvalue weighted by molar-refractivity contribution is 5.91. The zero-order valence-electron chi connectivity index (χ0n) is 51.6. The maximum Gasteiger partial charge on any atom is 0.317 e. The number of aromatic nitrogens is 6. The van der Waals surface area contributed by atoms with Crippen LogP contribution < -0.4 is 10.6 Å². The van der Waals surface area contributed by atoms with Crippen molar-refractivity contribution in [3.05, 3.63) is 42.7 Å². The van der Waals surface area contributed by atoms with E-state index >= 15 is 0 Å². The molecular weight excluding hydrogens is 1180 g/mol. The summed E-state index contributed by atoms with van der Waals surface area (Å²) in [7, 11) is 0. The van der Waals surface area contributed by atoms with Gasteiger partial charge in [-0.25, -0.2) is 0 Å². The Hall–Kier alpha value is -6.34. The number of ether oxygens (including phenoxy) is 11. The van der Waals surface area contributed by atoms with Gasteiger partial charge >= 0.3 is 17.9 Å². The van der Waals surface area contributed by atoms with Crippen LogP contribution in [0, 0.1) is 0 Å². The number of pyridine rings is 2. The molecule has 0 saturated carbocycles. The zero-order valence-corrected chi connectivity index (χ0v) is 51.6. The Bertz CT molecular complexity index is 2360. The monoisotopic (exact) mass is 1280 g/mol. The third kappa shape index (κ3) is 39.7. The second-order valence-electron chi connectivity index (χ2n) is 20.1. The molecule has 0 unspecified atom stereocenters. The van der Waals surface area contributed by atoms with E-state index in [4.69, 9.17) is 52.1 Å². The van der Waals surface area contributed by atoms with Crippen LogP contribution in [0.3, 0.4) is 0 Å². The minimum Gasteiger partial charge on any atom is -0.480 e. The number of carboxylic acids is 3. The van der Waals surface area contributed by atoms with Crippen molar-refractivity contribution in [1.29, 1.82) is 0 Å². The summed E-state index contributed by atoms with van der Waals surface area (Å²) >= 11 is 0. The number of carbonyl (C=O) groups is 6. The number of aliphatic carboxylic acids is 3. The molecule has 32 heteroatoms. The lowest BCUT2D eigenvalue weighted by molar-refractivity contribution is -0.140. The standard InChI is InChI=1S/C58H92N12O20/c71-49(5-3-8-52(72)62-48-9-10-51(61-43-48)58-65-63-57(64-66-58)50-7-1-2-11-59-50)6-4-21-80-23-25-82-27-29-84-31-33-86-35-37-88-39-41-90-42-40-89-38-36-87-34-32-85-30-28-83-26-24-81-22-12-60-53(73)44-67-13-15-68(45-54(74)75)17-19-70(47-56(78)79)20-18-69(16-14-67)46-55(76)77/h1-2,7,9-11,43H,3-6,8,12-42,44-47H2,(H,60,73)(H,62,72)(H,74,75)(H,76,77)(H,78,79). The number of hydrogen-bond acceptors (Lipinski definition) is 27. The van der Waals surface area contributed by atoms with E-state index < -0.39 is 17.9 Å². The Balaban J connectivity index is 0.808. The number of hydrogen-bond donors (Lipinski definition) is 5. The summed E-state index contributed by atoms with van der Waals surface area (Å²) in [6.45, 7) is 11.1. The van der Waals surface area contributed by atoms with Crippen LogP contribution in [-0.4, -0.2) is 331 Å². The van der Waals surface area contributed by atoms with E-state index in [0.29, 0.717) is 240 Å². The van der Waals surface area contributed by atoms with Gasteiger partial charge in [-0.3, -0.25) is 58.3 Å². The highest BCUT2D eigenvalue weighted by Gasteiger charge is 2.22. The number of nitrogens with one attached hydrogen (secondary N) is 2. The first-order valence-electron chi connectivity index (χ1n) is 30.4. The molecule has 90 heavy (non-hydrogen) atoms. The highest BCUT2D eigenvalue weighted by Crippen LogP contribution is 2.16. The van der Waals surface area contributed by atoms with Crippen LogP contribution in [0.4, 0.5) is 5.69 Å². The third-order valence-electron chi connectivity index (χ3n) is 12.9. The predicted octanol–water partition coefficient (Wildman–Crippen LogP) is -0.377. The number of carboxylic acid groups (broad SMARTS) is 3. The SMILES string of the molecule is O=C(O)CN1CCN(CC(=O)O)CCN(CC(=O)NCCOCCOCCOCCOCCOCCOCCOCCOCCOCCOCCOCCCC(=O)CCCC(=O)Nc2ccc(-c3nnc(-c4ccccn4)nn3)nc2)CCN(CC(=O)O)CC1. The van der Waals surface area contributed by atoms with Gasteiger partial charge in [-0.1, -0.05) is 6.07 Å². The van der Waals surface area contributed by atoms with E-state index in [-0.39, 0.29) is 69.2 Å². The van der Waals surface area contributed by atoms with Gasteiger partial charge in [0.2, 0.25) is 23.5 Å². The van der Waals surface area contributed by atoms with Crippen molar-refractivity contribution in [2.24, 2.45) is 0 Å². The smallest absolute Gasteiger partial charge is 0.317 e. The summed E-state index contributed by atoms with van der Waals surface area (Å²) in [5, 5.41) is 50.1. The minimum absolute atomic E-state index is 0.0224. The van der Waals surface area contributed by atoms with Gasteiger partial charge < -0.3 is 78.1 Å². The Labute approximate surface area is 524 Å². The Kier molecular flexibility index (Phi) is 42.6. The van der Waals surface area contributed by atoms with Gasteiger partial charge in [0.1, 0.15) is 17.2 Å². The fourth-order valence-electron chi connectivity index (χ4n) is 8.30. The molecule has 1 saturated heterocycles. The van der Waals surface area contributed by atoms with E-state index in [0.717, 1.165) is 0 Å². The van der Waals surface area contributed by atoms with Gasteiger partial charge in [-0.2, -0.15) is 0 Å². The Morgan fingerprint density at radius 1 is 0.389 bits per heavy atom. The van der Waals surface area contributed by atoms with E-state index in [2.05, 4.69) is 41.0 Å². The molecule has 1 aliphatic rings. The Morgan fingerprint density at radius 3 is 1.10 bits per heavy atom. The van der Waals surface area contributed by atoms with Crippen molar-refractivity contribution in [3.8, 4) is 23.0 Å². The maximum atomic E-state index is 12.8. The fraction of sp³-hybridized carbons (Fsp3) is 0.690. The predicted molar refractivity (Wildman–Crippen MR) is 321 cm³/mol. The van der Waals surface area contributed by atoms with E-state index in [1.807, 2.05) is 11.0 Å². The summed E-state index contributed by atoms with van der Waals surface area (Å²) in [6, 6.07) is 8.72. The normalized spacial score (nSPS) is 14.0. The molecular formula is C58H92N12O20. The number of anilines is 1. The number of rotatable bonds is 52. The second kappa shape index (κ2) is 50.3. The van der Waals surface area contributed by atoms with Crippen LogP contribution in [0.2, 0.25) is 0 Å². The molecule has 0 radical (unpaired) electrons. The van der Waals surface area contributed by atoms with Crippen molar-refractivity contribution in [2.75, 3.05) is 236 Å². The van der Waals surface area contributed by atoms with Crippen molar-refractivity contribution < 1.29 is 96.2 Å². The van der Waals surface area contributed by atoms with Crippen LogP contribution in [0.15, 0.2) is 42.7 Å². The average molecular weight is 1280 g/mol. The quantitative estimate of drug-likeness (QED) is 0.0450. The maximum absolute atomic E-state index is 12.8. The van der Waals surface area contributed by atoms with Gasteiger partial charge in [0, 0.05) is 91.0 Å². The molecule has 4 rings (SSSR count). The largest absolute Gasteiger partial charge is 0.480 e. The van der Waals surface area contributed by atoms with E-state index in [1.54, 1.807) is 45.2 Å². The number of Topliss-reactive ketones (excluding diaryl/α,β-unsaturated/α-hetero) is 1. The van der Waals surface area contributed by atoms with E-state index in [1.165, 1.54) is 6.20 Å². The van der Waals surface area contributed by atoms with Crippen LogP contribution in [-0.2, 0) is 80.9 Å². The number of carbonyl (C=O) groups excluding carboxylic acids is 3. The van der Waals surface area contributed by atoms with Gasteiger partial charge in [0.25, 0.3) is 0 Å². The third-order valence-corrected chi connectivity index (χ3v) is 12.9. The molecule has 32 nitrogen and oxygen atoms in total. The molecule has 4 heterocycles. The van der Waals surface area contributed by atoms with Crippen LogP contribution in [0.25, 0.3) is 23.0 Å². The van der Waals surface area contributed by atoms with Gasteiger partial charge in [-0.15, -0.1) is 20.4 Å². The lowest BCUT2D eigenvalue weighted by atomic mass is 10.1. The molecule has 3 aromatic heterocycles. The molecule has 0 aliphatic carbocycles. The summed E-state index contributed by atoms with van der Waals surface area (Å²) in [4.78, 5) is 87.4. The second-order valence-corrected chi connectivity index (χ2v) is 20.1. The number of amides is 2. The van der Waals surface area contributed by atoms with Crippen molar-refractivity contribution in [1.82, 2.24) is 55.3 Å². The molecule has 2 amide bonds. The first kappa shape index (κ1) is 76.1. The van der Waals surface area contributed by atoms with Gasteiger partial charge in [0.05, 0.1) is 177 Å². The van der Waals surface area contributed by atoms with Crippen molar-refractivity contribution in [3.63, 3.8) is 0 Å². The van der Waals surface area contributed by atoms with Gasteiger partial charge in [0.15, 0.2) is 0 Å². The Morgan fingerprint density at radius 2 is 0.744 bits per heavy atom. The zero-order chi connectivity index (χ0) is 64.3. The lowest BCUT2D eigenvalue weighted by Crippen LogP contribution is -2.50. The summed E-state index contributed by atoms with van der Waals surface area (Å²) in [6.07, 6.45) is 5.07. The molecule has 0 atom stereocenters. The molecule has 504 valence electrons. The first-order valence-corrected chi connectivity index (χ1v) is 30.4. The topological polar surface area (TPSA) is 379 Å². The van der Waals surface area contributed by atoms with Crippen LogP contribution in [0.1, 0.15) is 32.1 Å². The molecule has 0 aromatic carbocycles. The van der Waals surface area contributed by atoms with Crippen LogP contribution in [0.5, 0.6) is 0 Å². The molecule has 1 aliphatic heterocycles. The molecule has 0 bridgehead atoms. The van der Waals surface area contributed by atoms with E-state index in [9.17, 15) is 44.1 Å². The number of nitrogens with zero attached hydrogens (tertiary/aromatic N) is 10. The van der Waals surface area contributed by atoms with Crippen molar-refractivity contribution >= 4 is 41.2 Å². The highest BCUT2D eigenvalue weighted by atomic mass is 16.6. The summed E-state index contributed by atoms with van der Waals surface area (Å²) in [5.41, 5.74) is 1.52. The first-order chi connectivity index (χ1) is 43.9. The van der Waals surface area contributed by atoms with Crippen molar-refractivity contribution in [2.45, 2.75) is 32.1 Å².